The lowest BCUT2D eigenvalue weighted by molar-refractivity contribution is -0.154. The number of aliphatic carboxylic acids is 1. The van der Waals surface area contributed by atoms with Crippen LogP contribution in [0.25, 0.3) is 10.9 Å². The third-order valence-electron chi connectivity index (χ3n) is 3.69. The predicted molar refractivity (Wildman–Crippen MR) is 78.1 cm³/mol. The van der Waals surface area contributed by atoms with Crippen LogP contribution in [-0.2, 0) is 9.53 Å². The highest BCUT2D eigenvalue weighted by atomic mass is 16.5. The second-order valence-corrected chi connectivity index (χ2v) is 5.09. The van der Waals surface area contributed by atoms with Crippen LogP contribution in [-0.4, -0.2) is 59.8 Å². The largest absolute Gasteiger partial charge is 0.497 e. The van der Waals surface area contributed by atoms with Crippen molar-refractivity contribution in [2.45, 2.75) is 6.10 Å². The second kappa shape index (κ2) is 5.69. The zero-order valence-electron chi connectivity index (χ0n) is 12.0. The Labute approximate surface area is 126 Å². The van der Waals surface area contributed by atoms with E-state index < -0.39 is 12.1 Å². The van der Waals surface area contributed by atoms with Crippen LogP contribution in [0.3, 0.4) is 0 Å². The van der Waals surface area contributed by atoms with Gasteiger partial charge in [-0.3, -0.25) is 4.79 Å². The molecule has 1 aromatic heterocycles. The van der Waals surface area contributed by atoms with E-state index in [1.54, 1.807) is 13.2 Å². The molecule has 1 atom stereocenters. The number of carbonyl (C=O) groups is 2. The molecule has 1 saturated heterocycles. The first-order valence-electron chi connectivity index (χ1n) is 6.89. The Bertz CT molecular complexity index is 724. The predicted octanol–water partition coefficient (Wildman–Crippen LogP) is 1.10. The number of aromatic nitrogens is 1. The lowest BCUT2D eigenvalue weighted by Crippen LogP contribution is -2.48. The van der Waals surface area contributed by atoms with Crippen molar-refractivity contribution < 1.29 is 24.2 Å². The quantitative estimate of drug-likeness (QED) is 0.886. The summed E-state index contributed by atoms with van der Waals surface area (Å²) < 4.78 is 10.3. The fraction of sp³-hybridized carbons (Fsp3) is 0.333. The summed E-state index contributed by atoms with van der Waals surface area (Å²) >= 11 is 0. The molecule has 0 radical (unpaired) electrons. The molecule has 7 nitrogen and oxygen atoms in total. The average Bonchev–Trinajstić information content (AvgIpc) is 2.97. The number of morpholine rings is 1. The van der Waals surface area contributed by atoms with E-state index >= 15 is 0 Å². The molecule has 116 valence electrons. The molecule has 0 aliphatic carbocycles. The zero-order chi connectivity index (χ0) is 15.7. The van der Waals surface area contributed by atoms with Gasteiger partial charge in [0.25, 0.3) is 5.91 Å². The molecule has 2 aromatic rings. The van der Waals surface area contributed by atoms with Crippen LogP contribution in [0.2, 0.25) is 0 Å². The van der Waals surface area contributed by atoms with E-state index in [1.165, 1.54) is 4.90 Å². The number of benzene rings is 1. The number of rotatable bonds is 3. The highest BCUT2D eigenvalue weighted by Crippen LogP contribution is 2.22. The molecule has 2 heterocycles. The lowest BCUT2D eigenvalue weighted by atomic mass is 10.2. The van der Waals surface area contributed by atoms with Crippen molar-refractivity contribution in [2.75, 3.05) is 26.8 Å². The third-order valence-corrected chi connectivity index (χ3v) is 3.69. The van der Waals surface area contributed by atoms with Crippen molar-refractivity contribution >= 4 is 22.8 Å². The Morgan fingerprint density at radius 3 is 2.95 bits per heavy atom. The van der Waals surface area contributed by atoms with E-state index in [1.807, 2.05) is 18.2 Å². The number of carboxylic acid groups (broad SMARTS) is 1. The SMILES string of the molecule is COc1ccc2[nH]c(C(=O)N3CCOC(C(=O)O)C3)cc2c1. The minimum Gasteiger partial charge on any atom is -0.497 e. The maximum absolute atomic E-state index is 12.5. The maximum atomic E-state index is 12.5. The first-order chi connectivity index (χ1) is 10.6. The minimum atomic E-state index is -1.06. The molecule has 3 rings (SSSR count). The van der Waals surface area contributed by atoms with E-state index in [4.69, 9.17) is 14.6 Å². The van der Waals surface area contributed by atoms with E-state index in [0.29, 0.717) is 18.0 Å². The Morgan fingerprint density at radius 1 is 1.41 bits per heavy atom. The number of aromatic amines is 1. The zero-order valence-corrected chi connectivity index (χ0v) is 12.0. The Balaban J connectivity index is 1.83. The number of carboxylic acids is 1. The molecule has 0 bridgehead atoms. The number of amides is 1. The van der Waals surface area contributed by atoms with E-state index in [9.17, 15) is 9.59 Å². The lowest BCUT2D eigenvalue weighted by Gasteiger charge is -2.30. The summed E-state index contributed by atoms with van der Waals surface area (Å²) in [6.07, 6.45) is -0.970. The molecule has 1 fully saturated rings. The molecule has 0 saturated carbocycles. The van der Waals surface area contributed by atoms with Gasteiger partial charge in [-0.2, -0.15) is 0 Å². The summed E-state index contributed by atoms with van der Waals surface area (Å²) in [4.78, 5) is 28.0. The fourth-order valence-electron chi connectivity index (χ4n) is 2.51. The number of nitrogens with zero attached hydrogens (tertiary/aromatic N) is 1. The smallest absolute Gasteiger partial charge is 0.334 e. The van der Waals surface area contributed by atoms with E-state index in [2.05, 4.69) is 4.98 Å². The van der Waals surface area contributed by atoms with Crippen LogP contribution in [0.1, 0.15) is 10.5 Å². The van der Waals surface area contributed by atoms with Crippen molar-refractivity contribution in [1.29, 1.82) is 0 Å². The maximum Gasteiger partial charge on any atom is 0.334 e. The molecule has 0 spiro atoms. The monoisotopic (exact) mass is 304 g/mol. The van der Waals surface area contributed by atoms with Gasteiger partial charge in [-0.15, -0.1) is 0 Å². The van der Waals surface area contributed by atoms with Crippen molar-refractivity contribution in [2.24, 2.45) is 0 Å². The van der Waals surface area contributed by atoms with Crippen LogP contribution in [0, 0.1) is 0 Å². The summed E-state index contributed by atoms with van der Waals surface area (Å²) in [7, 11) is 1.58. The van der Waals surface area contributed by atoms with Gasteiger partial charge in [-0.1, -0.05) is 0 Å². The molecule has 1 aliphatic heterocycles. The number of fused-ring (bicyclic) bond motifs is 1. The summed E-state index contributed by atoms with van der Waals surface area (Å²) in [6.45, 7) is 0.644. The fourth-order valence-corrected chi connectivity index (χ4v) is 2.51. The topological polar surface area (TPSA) is 91.9 Å². The molecule has 2 N–H and O–H groups in total. The van der Waals surface area contributed by atoms with Crippen LogP contribution < -0.4 is 4.74 Å². The van der Waals surface area contributed by atoms with Gasteiger partial charge in [-0.25, -0.2) is 4.79 Å². The standard InChI is InChI=1S/C15H16N2O5/c1-21-10-2-3-11-9(6-10)7-12(16-11)14(18)17-4-5-22-13(8-17)15(19)20/h2-3,6-7,13,16H,4-5,8H2,1H3,(H,19,20). The van der Waals surface area contributed by atoms with Gasteiger partial charge in [0.2, 0.25) is 0 Å². The number of hydrogen-bond acceptors (Lipinski definition) is 4. The number of H-pyrrole nitrogens is 1. The molecule has 1 aromatic carbocycles. The van der Waals surface area contributed by atoms with Gasteiger partial charge in [-0.05, 0) is 24.3 Å². The van der Waals surface area contributed by atoms with E-state index in [0.717, 1.165) is 10.9 Å². The molecular formula is C15H16N2O5. The molecule has 1 unspecified atom stereocenters. The molecular weight excluding hydrogens is 288 g/mol. The number of methoxy groups -OCH3 is 1. The van der Waals surface area contributed by atoms with E-state index in [-0.39, 0.29) is 19.1 Å². The van der Waals surface area contributed by atoms with Crippen LogP contribution in [0.15, 0.2) is 24.3 Å². The normalized spacial score (nSPS) is 18.4. The number of nitrogens with one attached hydrogen (secondary N) is 1. The van der Waals surface area contributed by atoms with Crippen molar-refractivity contribution in [3.8, 4) is 5.75 Å². The Morgan fingerprint density at radius 2 is 2.23 bits per heavy atom. The third kappa shape index (κ3) is 2.62. The van der Waals surface area contributed by atoms with Crippen LogP contribution in [0.4, 0.5) is 0 Å². The Kier molecular flexibility index (Phi) is 3.72. The van der Waals surface area contributed by atoms with Crippen molar-refractivity contribution in [3.05, 3.63) is 30.0 Å². The van der Waals surface area contributed by atoms with Gasteiger partial charge in [0.05, 0.1) is 20.3 Å². The summed E-state index contributed by atoms with van der Waals surface area (Å²) in [6, 6.07) is 7.22. The first kappa shape index (κ1) is 14.4. The molecule has 1 amide bonds. The highest BCUT2D eigenvalue weighted by molar-refractivity contribution is 5.98. The Hall–Kier alpha value is -2.54. The van der Waals surface area contributed by atoms with Gasteiger partial charge in [0.1, 0.15) is 11.4 Å². The average molecular weight is 304 g/mol. The van der Waals surface area contributed by atoms with Gasteiger partial charge in [0.15, 0.2) is 6.10 Å². The number of hydrogen-bond donors (Lipinski definition) is 2. The summed E-state index contributed by atoms with van der Waals surface area (Å²) in [5, 5.41) is 9.86. The minimum absolute atomic E-state index is 0.0485. The van der Waals surface area contributed by atoms with Crippen molar-refractivity contribution in [3.63, 3.8) is 0 Å². The van der Waals surface area contributed by atoms with Gasteiger partial charge < -0.3 is 24.5 Å². The molecule has 22 heavy (non-hydrogen) atoms. The molecule has 7 heteroatoms. The number of ether oxygens (including phenoxy) is 2. The summed E-state index contributed by atoms with van der Waals surface area (Å²) in [5.74, 6) is -0.577. The van der Waals surface area contributed by atoms with Crippen LogP contribution in [0.5, 0.6) is 5.75 Å². The first-order valence-corrected chi connectivity index (χ1v) is 6.89. The van der Waals surface area contributed by atoms with Crippen LogP contribution >= 0.6 is 0 Å². The summed E-state index contributed by atoms with van der Waals surface area (Å²) in [5.41, 5.74) is 1.25. The van der Waals surface area contributed by atoms with Gasteiger partial charge in [0, 0.05) is 17.4 Å². The molecule has 1 aliphatic rings. The van der Waals surface area contributed by atoms with Crippen molar-refractivity contribution in [1.82, 2.24) is 9.88 Å². The van der Waals surface area contributed by atoms with Gasteiger partial charge >= 0.3 is 5.97 Å². The second-order valence-electron chi connectivity index (χ2n) is 5.09. The highest BCUT2D eigenvalue weighted by Gasteiger charge is 2.30. The number of carbonyl (C=O) groups excluding carboxylic acids is 1.